The second-order valence-electron chi connectivity index (χ2n) is 4.40. The van der Waals surface area contributed by atoms with E-state index in [1.165, 1.54) is 16.3 Å². The molecule has 0 spiro atoms. The van der Waals surface area contributed by atoms with E-state index in [0.29, 0.717) is 33.8 Å². The number of nitrogens with two attached hydrogens (primary N) is 1. The molecule has 1 aromatic carbocycles. The molecule has 0 atom stereocenters. The highest BCUT2D eigenvalue weighted by molar-refractivity contribution is 9.10. The molecule has 0 fully saturated rings. The maximum Gasteiger partial charge on any atom is 0.258 e. The lowest BCUT2D eigenvalue weighted by Gasteiger charge is -2.09. The van der Waals surface area contributed by atoms with Crippen molar-refractivity contribution in [2.24, 2.45) is 0 Å². The van der Waals surface area contributed by atoms with Crippen LogP contribution in [0.5, 0.6) is 11.5 Å². The monoisotopic (exact) mass is 396 g/mol. The fourth-order valence-electron chi connectivity index (χ4n) is 2.03. The van der Waals surface area contributed by atoms with Crippen LogP contribution in [0.2, 0.25) is 0 Å². The zero-order valence-electron chi connectivity index (χ0n) is 12.6. The number of aromatic nitrogens is 5. The molecule has 0 unspecified atom stereocenters. The minimum Gasteiger partial charge on any atom is -0.496 e. The second-order valence-corrected chi connectivity index (χ2v) is 6.03. The van der Waals surface area contributed by atoms with Crippen molar-refractivity contribution in [1.82, 2.24) is 24.6 Å². The van der Waals surface area contributed by atoms with Crippen LogP contribution in [0.1, 0.15) is 0 Å². The zero-order valence-corrected chi connectivity index (χ0v) is 15.0. The first-order valence-corrected chi connectivity index (χ1v) is 8.45. The van der Waals surface area contributed by atoms with E-state index in [1.807, 2.05) is 12.3 Å². The van der Waals surface area contributed by atoms with Gasteiger partial charge in [-0.25, -0.2) is 0 Å². The first-order chi connectivity index (χ1) is 11.1. The molecular formula is C13H13BrN6O2S. The van der Waals surface area contributed by atoms with Crippen LogP contribution < -0.4 is 15.2 Å². The standard InChI is InChI=1S/C13H13BrN6O2S/c1-21-8-5-9(22-2)7(14)4-6(8)10-16-12-18-13(23-3)17-11(15)20(12)19-10/h4-5H,1-3H3,(H2,15,16,17,18,19). The molecule has 3 rings (SSSR count). The van der Waals surface area contributed by atoms with Gasteiger partial charge in [0.1, 0.15) is 11.5 Å². The summed E-state index contributed by atoms with van der Waals surface area (Å²) in [5.41, 5.74) is 6.60. The Bertz CT molecular complexity index is 885. The first kappa shape index (κ1) is 15.8. The lowest BCUT2D eigenvalue weighted by Crippen LogP contribution is -2.04. The van der Waals surface area contributed by atoms with Crippen LogP contribution in [-0.2, 0) is 0 Å². The summed E-state index contributed by atoms with van der Waals surface area (Å²) in [6, 6.07) is 3.58. The molecule has 8 nitrogen and oxygen atoms in total. The normalized spacial score (nSPS) is 11.0. The summed E-state index contributed by atoms with van der Waals surface area (Å²) in [7, 11) is 3.16. The molecule has 0 saturated heterocycles. The Morgan fingerprint density at radius 2 is 1.87 bits per heavy atom. The molecule has 2 heterocycles. The third-order valence-electron chi connectivity index (χ3n) is 3.11. The van der Waals surface area contributed by atoms with Crippen molar-refractivity contribution in [3.8, 4) is 22.9 Å². The number of hydrogen-bond donors (Lipinski definition) is 1. The maximum atomic E-state index is 5.91. The number of nitrogen functional groups attached to an aromatic ring is 1. The van der Waals surface area contributed by atoms with Gasteiger partial charge in [-0.2, -0.15) is 19.5 Å². The molecule has 10 heteroatoms. The van der Waals surface area contributed by atoms with Crippen LogP contribution in [0.15, 0.2) is 21.8 Å². The average molecular weight is 397 g/mol. The van der Waals surface area contributed by atoms with Crippen molar-refractivity contribution < 1.29 is 9.47 Å². The number of thioether (sulfide) groups is 1. The van der Waals surface area contributed by atoms with Crippen molar-refractivity contribution >= 4 is 39.4 Å². The van der Waals surface area contributed by atoms with Crippen molar-refractivity contribution in [1.29, 1.82) is 0 Å². The number of halogens is 1. The van der Waals surface area contributed by atoms with E-state index in [-0.39, 0.29) is 5.95 Å². The molecule has 2 N–H and O–H groups in total. The van der Waals surface area contributed by atoms with Gasteiger partial charge in [0.05, 0.1) is 24.3 Å². The molecule has 0 saturated carbocycles. The molecule has 0 aliphatic heterocycles. The Kier molecular flexibility index (Phi) is 4.26. The number of rotatable bonds is 4. The summed E-state index contributed by atoms with van der Waals surface area (Å²) in [6.45, 7) is 0. The molecule has 3 aromatic rings. The van der Waals surface area contributed by atoms with Gasteiger partial charge in [0.25, 0.3) is 5.78 Å². The van der Waals surface area contributed by atoms with Gasteiger partial charge in [-0.15, -0.1) is 5.10 Å². The maximum absolute atomic E-state index is 5.91. The average Bonchev–Trinajstić information content (AvgIpc) is 2.99. The molecule has 2 aromatic heterocycles. The second kappa shape index (κ2) is 6.20. The predicted molar refractivity (Wildman–Crippen MR) is 91.0 cm³/mol. The van der Waals surface area contributed by atoms with E-state index in [1.54, 1.807) is 20.3 Å². The van der Waals surface area contributed by atoms with Crippen LogP contribution >= 0.6 is 27.7 Å². The quantitative estimate of drug-likeness (QED) is 0.670. The number of benzene rings is 1. The van der Waals surface area contributed by atoms with Crippen molar-refractivity contribution in [2.75, 3.05) is 26.2 Å². The van der Waals surface area contributed by atoms with Crippen LogP contribution in [0, 0.1) is 0 Å². The fraction of sp³-hybridized carbons (Fsp3) is 0.231. The molecule has 0 radical (unpaired) electrons. The Morgan fingerprint density at radius 1 is 1.13 bits per heavy atom. The molecule has 120 valence electrons. The Labute approximate surface area is 144 Å². The van der Waals surface area contributed by atoms with Gasteiger partial charge in [-0.05, 0) is 28.3 Å². The summed E-state index contributed by atoms with van der Waals surface area (Å²) in [5.74, 6) is 2.27. The van der Waals surface area contributed by atoms with E-state index in [2.05, 4.69) is 36.0 Å². The van der Waals surface area contributed by atoms with Crippen molar-refractivity contribution in [3.63, 3.8) is 0 Å². The predicted octanol–water partition coefficient (Wildman–Crippen LogP) is 2.27. The number of ether oxygens (including phenoxy) is 2. The number of anilines is 1. The topological polar surface area (TPSA) is 100 Å². The minimum absolute atomic E-state index is 0.227. The van der Waals surface area contributed by atoms with Gasteiger partial charge in [-0.1, -0.05) is 11.8 Å². The van der Waals surface area contributed by atoms with Crippen LogP contribution in [0.25, 0.3) is 17.2 Å². The summed E-state index contributed by atoms with van der Waals surface area (Å²) in [5, 5.41) is 4.91. The van der Waals surface area contributed by atoms with E-state index in [4.69, 9.17) is 15.2 Å². The molecule has 0 aliphatic carbocycles. The number of methoxy groups -OCH3 is 2. The third kappa shape index (κ3) is 2.79. The SMILES string of the molecule is COc1cc(OC)c(-c2nc3nc(SC)nc(N)n3n2)cc1Br. The first-order valence-electron chi connectivity index (χ1n) is 6.43. The van der Waals surface area contributed by atoms with Crippen LogP contribution in [-0.4, -0.2) is 45.0 Å². The van der Waals surface area contributed by atoms with Crippen LogP contribution in [0.4, 0.5) is 5.95 Å². The highest BCUT2D eigenvalue weighted by Crippen LogP contribution is 2.37. The summed E-state index contributed by atoms with van der Waals surface area (Å²) in [4.78, 5) is 12.9. The van der Waals surface area contributed by atoms with E-state index >= 15 is 0 Å². The molecule has 23 heavy (non-hydrogen) atoms. The molecule has 0 amide bonds. The molecule has 0 bridgehead atoms. The lowest BCUT2D eigenvalue weighted by atomic mass is 10.2. The third-order valence-corrected chi connectivity index (χ3v) is 4.28. The van der Waals surface area contributed by atoms with E-state index in [9.17, 15) is 0 Å². The highest BCUT2D eigenvalue weighted by Gasteiger charge is 2.17. The molecule has 0 aliphatic rings. The summed E-state index contributed by atoms with van der Waals surface area (Å²) < 4.78 is 12.8. The fourth-order valence-corrected chi connectivity index (χ4v) is 2.89. The van der Waals surface area contributed by atoms with Gasteiger partial charge < -0.3 is 15.2 Å². The van der Waals surface area contributed by atoms with Gasteiger partial charge >= 0.3 is 0 Å². The highest BCUT2D eigenvalue weighted by atomic mass is 79.9. The van der Waals surface area contributed by atoms with Gasteiger partial charge in [0.15, 0.2) is 11.0 Å². The largest absolute Gasteiger partial charge is 0.496 e. The number of hydrogen-bond acceptors (Lipinski definition) is 8. The van der Waals surface area contributed by atoms with E-state index in [0.717, 1.165) is 4.47 Å². The van der Waals surface area contributed by atoms with Crippen molar-refractivity contribution in [3.05, 3.63) is 16.6 Å². The zero-order chi connectivity index (χ0) is 16.6. The lowest BCUT2D eigenvalue weighted by molar-refractivity contribution is 0.393. The Hall–Kier alpha value is -2.07. The Balaban J connectivity index is 2.20. The minimum atomic E-state index is 0.227. The summed E-state index contributed by atoms with van der Waals surface area (Å²) >= 11 is 4.84. The van der Waals surface area contributed by atoms with E-state index < -0.39 is 0 Å². The van der Waals surface area contributed by atoms with Gasteiger partial charge in [-0.3, -0.25) is 0 Å². The van der Waals surface area contributed by atoms with Crippen molar-refractivity contribution in [2.45, 2.75) is 5.16 Å². The Morgan fingerprint density at radius 3 is 2.52 bits per heavy atom. The van der Waals surface area contributed by atoms with Gasteiger partial charge in [0, 0.05) is 6.07 Å². The smallest absolute Gasteiger partial charge is 0.258 e. The number of fused-ring (bicyclic) bond motifs is 1. The number of nitrogens with zero attached hydrogens (tertiary/aromatic N) is 5. The van der Waals surface area contributed by atoms with Gasteiger partial charge in [0.2, 0.25) is 5.95 Å². The van der Waals surface area contributed by atoms with Crippen LogP contribution in [0.3, 0.4) is 0 Å². The molecular weight excluding hydrogens is 384 g/mol. The summed E-state index contributed by atoms with van der Waals surface area (Å²) in [6.07, 6.45) is 1.87.